The SMILES string of the molecule is Cc1[nH]c(-c2ccc(Cl)cc2)nc1CO. The number of halogens is 1. The summed E-state index contributed by atoms with van der Waals surface area (Å²) in [7, 11) is 0. The Balaban J connectivity index is 2.41. The van der Waals surface area contributed by atoms with E-state index in [2.05, 4.69) is 9.97 Å². The van der Waals surface area contributed by atoms with Gasteiger partial charge in [0.1, 0.15) is 5.82 Å². The summed E-state index contributed by atoms with van der Waals surface area (Å²) in [5, 5.41) is 9.72. The van der Waals surface area contributed by atoms with Crippen molar-refractivity contribution in [3.05, 3.63) is 40.7 Å². The smallest absolute Gasteiger partial charge is 0.137 e. The second-order valence-corrected chi connectivity index (χ2v) is 3.76. The van der Waals surface area contributed by atoms with Crippen LogP contribution in [0.1, 0.15) is 11.4 Å². The molecule has 0 saturated carbocycles. The molecule has 2 rings (SSSR count). The van der Waals surface area contributed by atoms with Crippen LogP contribution < -0.4 is 0 Å². The minimum atomic E-state index is -0.0457. The second-order valence-electron chi connectivity index (χ2n) is 3.32. The zero-order valence-electron chi connectivity index (χ0n) is 8.29. The van der Waals surface area contributed by atoms with E-state index < -0.39 is 0 Å². The van der Waals surface area contributed by atoms with Gasteiger partial charge in [-0.2, -0.15) is 0 Å². The highest BCUT2D eigenvalue weighted by atomic mass is 35.5. The summed E-state index contributed by atoms with van der Waals surface area (Å²) < 4.78 is 0. The molecule has 15 heavy (non-hydrogen) atoms. The Morgan fingerprint density at radius 3 is 2.53 bits per heavy atom. The summed E-state index contributed by atoms with van der Waals surface area (Å²) in [5.41, 5.74) is 2.53. The third-order valence-corrected chi connectivity index (χ3v) is 2.50. The number of aryl methyl sites for hydroxylation is 1. The quantitative estimate of drug-likeness (QED) is 0.821. The van der Waals surface area contributed by atoms with Gasteiger partial charge in [0.05, 0.1) is 12.3 Å². The van der Waals surface area contributed by atoms with Gasteiger partial charge in [0.2, 0.25) is 0 Å². The molecule has 3 nitrogen and oxygen atoms in total. The minimum absolute atomic E-state index is 0.0457. The molecular formula is C11H11ClN2O. The Labute approximate surface area is 92.7 Å². The number of aliphatic hydroxyl groups excluding tert-OH is 1. The molecule has 1 aromatic carbocycles. The topological polar surface area (TPSA) is 48.9 Å². The molecular weight excluding hydrogens is 212 g/mol. The third kappa shape index (κ3) is 2.03. The predicted molar refractivity (Wildman–Crippen MR) is 59.7 cm³/mol. The highest BCUT2D eigenvalue weighted by Gasteiger charge is 2.06. The van der Waals surface area contributed by atoms with E-state index in [1.165, 1.54) is 0 Å². The maximum absolute atomic E-state index is 9.02. The van der Waals surface area contributed by atoms with Crippen LogP contribution in [0.25, 0.3) is 11.4 Å². The van der Waals surface area contributed by atoms with Gasteiger partial charge in [-0.1, -0.05) is 11.6 Å². The number of hydrogen-bond donors (Lipinski definition) is 2. The molecule has 0 unspecified atom stereocenters. The highest BCUT2D eigenvalue weighted by Crippen LogP contribution is 2.20. The van der Waals surface area contributed by atoms with Gasteiger partial charge in [0.15, 0.2) is 0 Å². The molecule has 1 heterocycles. The van der Waals surface area contributed by atoms with Gasteiger partial charge in [-0.15, -0.1) is 0 Å². The molecule has 0 aliphatic heterocycles. The van der Waals surface area contributed by atoms with E-state index in [-0.39, 0.29) is 6.61 Å². The molecule has 2 N–H and O–H groups in total. The van der Waals surface area contributed by atoms with Crippen LogP contribution in [0, 0.1) is 6.92 Å². The molecule has 2 aromatic rings. The summed E-state index contributed by atoms with van der Waals surface area (Å²) in [6.07, 6.45) is 0. The summed E-state index contributed by atoms with van der Waals surface area (Å²) in [6.45, 7) is 1.84. The molecule has 0 amide bonds. The number of nitrogens with one attached hydrogen (secondary N) is 1. The van der Waals surface area contributed by atoms with E-state index in [1.54, 1.807) is 0 Å². The van der Waals surface area contributed by atoms with Crippen LogP contribution in [0.5, 0.6) is 0 Å². The highest BCUT2D eigenvalue weighted by molar-refractivity contribution is 6.30. The molecule has 0 spiro atoms. The van der Waals surface area contributed by atoms with Crippen molar-refractivity contribution in [2.75, 3.05) is 0 Å². The number of rotatable bonds is 2. The zero-order valence-corrected chi connectivity index (χ0v) is 9.04. The lowest BCUT2D eigenvalue weighted by Crippen LogP contribution is -1.85. The van der Waals surface area contributed by atoms with Crippen molar-refractivity contribution in [2.24, 2.45) is 0 Å². The Morgan fingerprint density at radius 1 is 1.33 bits per heavy atom. The molecule has 0 saturated heterocycles. The van der Waals surface area contributed by atoms with Gasteiger partial charge in [0.25, 0.3) is 0 Å². The van der Waals surface area contributed by atoms with E-state index in [0.717, 1.165) is 17.1 Å². The number of H-pyrrole nitrogens is 1. The molecule has 0 aliphatic carbocycles. The lowest BCUT2D eigenvalue weighted by Gasteiger charge is -1.95. The first-order valence-corrected chi connectivity index (χ1v) is 5.01. The Morgan fingerprint density at radius 2 is 2.00 bits per heavy atom. The molecule has 0 atom stereocenters. The molecule has 1 aromatic heterocycles. The van der Waals surface area contributed by atoms with Crippen LogP contribution in [0.3, 0.4) is 0 Å². The summed E-state index contributed by atoms with van der Waals surface area (Å²) in [5.74, 6) is 0.758. The van der Waals surface area contributed by atoms with Gasteiger partial charge in [0, 0.05) is 16.3 Å². The molecule has 0 aliphatic rings. The first-order valence-electron chi connectivity index (χ1n) is 4.63. The summed E-state index contributed by atoms with van der Waals surface area (Å²) >= 11 is 5.79. The van der Waals surface area contributed by atoms with Crippen LogP contribution in [0.4, 0.5) is 0 Å². The minimum Gasteiger partial charge on any atom is -0.390 e. The van der Waals surface area contributed by atoms with Crippen LogP contribution in [-0.4, -0.2) is 15.1 Å². The molecule has 78 valence electrons. The number of hydrogen-bond acceptors (Lipinski definition) is 2. The fourth-order valence-corrected chi connectivity index (χ4v) is 1.52. The van der Waals surface area contributed by atoms with Gasteiger partial charge in [-0.3, -0.25) is 0 Å². The van der Waals surface area contributed by atoms with Crippen molar-refractivity contribution < 1.29 is 5.11 Å². The normalized spacial score (nSPS) is 10.6. The Kier molecular flexibility index (Phi) is 2.75. The summed E-state index contributed by atoms with van der Waals surface area (Å²) in [6, 6.07) is 7.41. The monoisotopic (exact) mass is 222 g/mol. The van der Waals surface area contributed by atoms with Crippen molar-refractivity contribution >= 4 is 11.6 Å². The number of aromatic amines is 1. The molecule has 0 fully saturated rings. The molecule has 0 radical (unpaired) electrons. The van der Waals surface area contributed by atoms with Gasteiger partial charge < -0.3 is 10.1 Å². The maximum atomic E-state index is 9.02. The van der Waals surface area contributed by atoms with Crippen LogP contribution in [0.15, 0.2) is 24.3 Å². The average molecular weight is 223 g/mol. The van der Waals surface area contributed by atoms with Crippen molar-refractivity contribution in [3.63, 3.8) is 0 Å². The van der Waals surface area contributed by atoms with Gasteiger partial charge in [-0.25, -0.2) is 4.98 Å². The van der Waals surface area contributed by atoms with E-state index in [9.17, 15) is 0 Å². The van der Waals surface area contributed by atoms with E-state index >= 15 is 0 Å². The van der Waals surface area contributed by atoms with Crippen LogP contribution >= 0.6 is 11.6 Å². The average Bonchev–Trinajstić information content (AvgIpc) is 2.61. The van der Waals surface area contributed by atoms with Gasteiger partial charge in [-0.05, 0) is 31.2 Å². The Bertz CT molecular complexity index is 462. The fraction of sp³-hybridized carbons (Fsp3) is 0.182. The lowest BCUT2D eigenvalue weighted by molar-refractivity contribution is 0.276. The fourth-order valence-electron chi connectivity index (χ4n) is 1.39. The number of aliphatic hydroxyl groups is 1. The Hall–Kier alpha value is -1.32. The second kappa shape index (κ2) is 4.04. The standard InChI is InChI=1S/C11H11ClN2O/c1-7-10(6-15)14-11(13-7)8-2-4-9(12)5-3-8/h2-5,15H,6H2,1H3,(H,13,14). The largest absolute Gasteiger partial charge is 0.390 e. The van der Waals surface area contributed by atoms with Gasteiger partial charge >= 0.3 is 0 Å². The number of nitrogens with zero attached hydrogens (tertiary/aromatic N) is 1. The van der Waals surface area contributed by atoms with Crippen LogP contribution in [-0.2, 0) is 6.61 Å². The zero-order chi connectivity index (χ0) is 10.8. The van der Waals surface area contributed by atoms with E-state index in [4.69, 9.17) is 16.7 Å². The van der Waals surface area contributed by atoms with E-state index in [0.29, 0.717) is 10.7 Å². The first-order chi connectivity index (χ1) is 7.20. The molecule has 0 bridgehead atoms. The lowest BCUT2D eigenvalue weighted by atomic mass is 10.2. The van der Waals surface area contributed by atoms with Crippen molar-refractivity contribution in [2.45, 2.75) is 13.5 Å². The molecule has 4 heteroatoms. The first kappa shape index (κ1) is 10.2. The summed E-state index contributed by atoms with van der Waals surface area (Å²) in [4.78, 5) is 7.40. The van der Waals surface area contributed by atoms with Crippen LogP contribution in [0.2, 0.25) is 5.02 Å². The van der Waals surface area contributed by atoms with Crippen molar-refractivity contribution in [1.29, 1.82) is 0 Å². The van der Waals surface area contributed by atoms with E-state index in [1.807, 2.05) is 31.2 Å². The van der Waals surface area contributed by atoms with Crippen molar-refractivity contribution in [3.8, 4) is 11.4 Å². The predicted octanol–water partition coefficient (Wildman–Crippen LogP) is 2.53. The number of imidazole rings is 1. The third-order valence-electron chi connectivity index (χ3n) is 2.25. The number of aromatic nitrogens is 2. The number of benzene rings is 1. The van der Waals surface area contributed by atoms with Crippen molar-refractivity contribution in [1.82, 2.24) is 9.97 Å². The maximum Gasteiger partial charge on any atom is 0.137 e.